The van der Waals surface area contributed by atoms with Crippen LogP contribution >= 0.6 is 0 Å². The van der Waals surface area contributed by atoms with Crippen molar-refractivity contribution in [3.8, 4) is 5.88 Å². The van der Waals surface area contributed by atoms with E-state index in [-0.39, 0.29) is 6.10 Å². The number of rotatable bonds is 2. The summed E-state index contributed by atoms with van der Waals surface area (Å²) < 4.78 is 5.82. The molecule has 5 heteroatoms. The molecule has 17 heavy (non-hydrogen) atoms. The number of nitrogens with zero attached hydrogens (tertiary/aromatic N) is 3. The number of fused-ring (bicyclic) bond motifs is 1. The van der Waals surface area contributed by atoms with Crippen molar-refractivity contribution < 1.29 is 4.74 Å². The quantitative estimate of drug-likeness (QED) is 0.838. The SMILES string of the molecule is c1cnc2nc(OC3CCCNC3)ccc2n1. The molecule has 0 amide bonds. The summed E-state index contributed by atoms with van der Waals surface area (Å²) in [7, 11) is 0. The van der Waals surface area contributed by atoms with E-state index in [9.17, 15) is 0 Å². The summed E-state index contributed by atoms with van der Waals surface area (Å²) >= 11 is 0. The normalized spacial score (nSPS) is 20.4. The molecule has 1 saturated heterocycles. The smallest absolute Gasteiger partial charge is 0.215 e. The van der Waals surface area contributed by atoms with Gasteiger partial charge < -0.3 is 10.1 Å². The van der Waals surface area contributed by atoms with Crippen molar-refractivity contribution >= 4 is 11.2 Å². The second-order valence-corrected chi connectivity index (χ2v) is 4.13. The Balaban J connectivity index is 1.80. The van der Waals surface area contributed by atoms with Crippen molar-refractivity contribution in [3.63, 3.8) is 0 Å². The summed E-state index contributed by atoms with van der Waals surface area (Å²) in [6.45, 7) is 1.97. The second-order valence-electron chi connectivity index (χ2n) is 4.13. The van der Waals surface area contributed by atoms with Gasteiger partial charge in [-0.05, 0) is 25.5 Å². The third-order valence-electron chi connectivity index (χ3n) is 2.85. The van der Waals surface area contributed by atoms with Crippen LogP contribution in [0.5, 0.6) is 5.88 Å². The zero-order valence-corrected chi connectivity index (χ0v) is 9.47. The van der Waals surface area contributed by atoms with Gasteiger partial charge in [0.15, 0.2) is 5.65 Å². The maximum atomic E-state index is 5.82. The predicted octanol–water partition coefficient (Wildman–Crippen LogP) is 1.16. The van der Waals surface area contributed by atoms with E-state index in [1.807, 2.05) is 12.1 Å². The van der Waals surface area contributed by atoms with Crippen LogP contribution < -0.4 is 10.1 Å². The minimum atomic E-state index is 0.213. The fourth-order valence-electron chi connectivity index (χ4n) is 1.99. The van der Waals surface area contributed by atoms with Gasteiger partial charge in [-0.15, -0.1) is 0 Å². The molecule has 1 fully saturated rings. The second kappa shape index (κ2) is 4.63. The highest BCUT2D eigenvalue weighted by molar-refractivity contribution is 5.69. The van der Waals surface area contributed by atoms with Crippen LogP contribution in [-0.2, 0) is 0 Å². The number of nitrogens with one attached hydrogen (secondary N) is 1. The fourth-order valence-corrected chi connectivity index (χ4v) is 1.99. The minimum Gasteiger partial charge on any atom is -0.473 e. The average molecular weight is 230 g/mol. The van der Waals surface area contributed by atoms with Crippen LogP contribution in [0.15, 0.2) is 24.5 Å². The van der Waals surface area contributed by atoms with Gasteiger partial charge >= 0.3 is 0 Å². The third kappa shape index (κ3) is 2.34. The van der Waals surface area contributed by atoms with Crippen LogP contribution in [0.4, 0.5) is 0 Å². The molecule has 0 spiro atoms. The molecule has 1 unspecified atom stereocenters. The first-order valence-electron chi connectivity index (χ1n) is 5.87. The van der Waals surface area contributed by atoms with Crippen molar-refractivity contribution in [2.24, 2.45) is 0 Å². The van der Waals surface area contributed by atoms with Gasteiger partial charge in [0.2, 0.25) is 5.88 Å². The maximum Gasteiger partial charge on any atom is 0.215 e. The molecule has 1 aliphatic heterocycles. The van der Waals surface area contributed by atoms with Crippen LogP contribution in [0.25, 0.3) is 11.2 Å². The van der Waals surface area contributed by atoms with Crippen LogP contribution in [0, 0.1) is 0 Å². The number of ether oxygens (including phenoxy) is 1. The molecule has 1 aliphatic rings. The Morgan fingerprint density at radius 1 is 1.24 bits per heavy atom. The highest BCUT2D eigenvalue weighted by Gasteiger charge is 2.15. The highest BCUT2D eigenvalue weighted by atomic mass is 16.5. The van der Waals surface area contributed by atoms with Crippen molar-refractivity contribution in [2.45, 2.75) is 18.9 Å². The fraction of sp³-hybridized carbons (Fsp3) is 0.417. The molecule has 1 atom stereocenters. The van der Waals surface area contributed by atoms with Gasteiger partial charge in [0.05, 0.1) is 0 Å². The first-order chi connectivity index (χ1) is 8.42. The lowest BCUT2D eigenvalue weighted by Crippen LogP contribution is -2.37. The number of aromatic nitrogens is 3. The lowest BCUT2D eigenvalue weighted by atomic mass is 10.1. The molecule has 0 saturated carbocycles. The predicted molar refractivity (Wildman–Crippen MR) is 63.9 cm³/mol. The molecule has 0 bridgehead atoms. The largest absolute Gasteiger partial charge is 0.473 e. The molecule has 3 rings (SSSR count). The van der Waals surface area contributed by atoms with Crippen LogP contribution in [0.3, 0.4) is 0 Å². The maximum absolute atomic E-state index is 5.82. The summed E-state index contributed by atoms with van der Waals surface area (Å²) in [5.41, 5.74) is 1.43. The van der Waals surface area contributed by atoms with Crippen LogP contribution in [-0.4, -0.2) is 34.1 Å². The summed E-state index contributed by atoms with van der Waals surface area (Å²) in [5.74, 6) is 0.631. The lowest BCUT2D eigenvalue weighted by Gasteiger charge is -2.23. The van der Waals surface area contributed by atoms with Gasteiger partial charge in [0.1, 0.15) is 11.6 Å². The van der Waals surface area contributed by atoms with E-state index >= 15 is 0 Å². The van der Waals surface area contributed by atoms with Crippen molar-refractivity contribution in [3.05, 3.63) is 24.5 Å². The Morgan fingerprint density at radius 3 is 3.06 bits per heavy atom. The molecule has 0 aliphatic carbocycles. The molecule has 0 aromatic carbocycles. The standard InChI is InChI=1S/C12H14N4O/c1-2-9(8-13-5-1)17-11-4-3-10-12(16-11)15-7-6-14-10/h3-4,6-7,9,13H,1-2,5,8H2. The molecule has 2 aromatic rings. The van der Waals surface area contributed by atoms with Gasteiger partial charge in [-0.25, -0.2) is 4.98 Å². The van der Waals surface area contributed by atoms with Crippen molar-refractivity contribution in [2.75, 3.05) is 13.1 Å². The minimum absolute atomic E-state index is 0.213. The zero-order chi connectivity index (χ0) is 11.5. The van der Waals surface area contributed by atoms with E-state index in [2.05, 4.69) is 20.3 Å². The monoisotopic (exact) mass is 230 g/mol. The van der Waals surface area contributed by atoms with Gasteiger partial charge in [-0.3, -0.25) is 4.98 Å². The van der Waals surface area contributed by atoms with E-state index in [0.717, 1.165) is 31.4 Å². The molecular weight excluding hydrogens is 216 g/mol. The molecule has 88 valence electrons. The Hall–Kier alpha value is -1.75. The highest BCUT2D eigenvalue weighted by Crippen LogP contribution is 2.15. The number of hydrogen-bond acceptors (Lipinski definition) is 5. The molecular formula is C12H14N4O. The number of pyridine rings is 1. The Kier molecular flexibility index (Phi) is 2.83. The Labute approximate surface area is 99.3 Å². The molecule has 1 N–H and O–H groups in total. The molecule has 0 radical (unpaired) electrons. The van der Waals surface area contributed by atoms with Crippen molar-refractivity contribution in [1.82, 2.24) is 20.3 Å². The number of piperidine rings is 1. The summed E-state index contributed by atoms with van der Waals surface area (Å²) in [6, 6.07) is 3.74. The first-order valence-corrected chi connectivity index (χ1v) is 5.87. The molecule has 3 heterocycles. The molecule has 5 nitrogen and oxygen atoms in total. The van der Waals surface area contributed by atoms with Gasteiger partial charge in [-0.2, -0.15) is 4.98 Å². The summed E-state index contributed by atoms with van der Waals surface area (Å²) in [6.07, 6.45) is 5.74. The Bertz CT molecular complexity index is 511. The van der Waals surface area contributed by atoms with Crippen molar-refractivity contribution in [1.29, 1.82) is 0 Å². The zero-order valence-electron chi connectivity index (χ0n) is 9.47. The average Bonchev–Trinajstić information content (AvgIpc) is 2.40. The van der Waals surface area contributed by atoms with Gasteiger partial charge in [0, 0.05) is 25.0 Å². The number of hydrogen-bond donors (Lipinski definition) is 1. The van der Waals surface area contributed by atoms with Gasteiger partial charge in [0.25, 0.3) is 0 Å². The van der Waals surface area contributed by atoms with E-state index < -0.39 is 0 Å². The summed E-state index contributed by atoms with van der Waals surface area (Å²) in [5, 5.41) is 3.31. The van der Waals surface area contributed by atoms with E-state index in [1.54, 1.807) is 12.4 Å². The van der Waals surface area contributed by atoms with Crippen LogP contribution in [0.2, 0.25) is 0 Å². The molecule has 2 aromatic heterocycles. The first kappa shape index (κ1) is 10.4. The summed E-state index contributed by atoms with van der Waals surface area (Å²) in [4.78, 5) is 12.7. The van der Waals surface area contributed by atoms with E-state index in [1.165, 1.54) is 0 Å². The lowest BCUT2D eigenvalue weighted by molar-refractivity contribution is 0.161. The van der Waals surface area contributed by atoms with E-state index in [4.69, 9.17) is 4.74 Å². The van der Waals surface area contributed by atoms with Gasteiger partial charge in [-0.1, -0.05) is 0 Å². The van der Waals surface area contributed by atoms with E-state index in [0.29, 0.717) is 11.5 Å². The third-order valence-corrected chi connectivity index (χ3v) is 2.85. The topological polar surface area (TPSA) is 59.9 Å². The Morgan fingerprint density at radius 2 is 2.18 bits per heavy atom. The van der Waals surface area contributed by atoms with Crippen LogP contribution in [0.1, 0.15) is 12.8 Å².